The SMILES string of the molecule is CCN(C(=O)NCCOC(C)C)C(C)CC(=O)O. The van der Waals surface area contributed by atoms with Crippen LogP contribution in [0.15, 0.2) is 0 Å². The van der Waals surface area contributed by atoms with Gasteiger partial charge in [0, 0.05) is 19.1 Å². The first-order valence-corrected chi connectivity index (χ1v) is 6.26. The number of amides is 2. The molecule has 2 amide bonds. The van der Waals surface area contributed by atoms with Crippen LogP contribution in [0, 0.1) is 0 Å². The number of carbonyl (C=O) groups excluding carboxylic acids is 1. The monoisotopic (exact) mass is 260 g/mol. The molecule has 0 aromatic rings. The molecular weight excluding hydrogens is 236 g/mol. The molecule has 0 bridgehead atoms. The summed E-state index contributed by atoms with van der Waals surface area (Å²) in [7, 11) is 0. The Morgan fingerprint density at radius 3 is 2.39 bits per heavy atom. The first-order chi connectivity index (χ1) is 8.38. The molecule has 0 rings (SSSR count). The molecule has 106 valence electrons. The van der Waals surface area contributed by atoms with Gasteiger partial charge in [-0.25, -0.2) is 4.79 Å². The molecule has 1 atom stereocenters. The average Bonchev–Trinajstić information content (AvgIpc) is 2.24. The summed E-state index contributed by atoms with van der Waals surface area (Å²) in [6, 6.07) is -0.572. The number of hydrogen-bond donors (Lipinski definition) is 2. The number of carbonyl (C=O) groups is 2. The lowest BCUT2D eigenvalue weighted by atomic mass is 10.2. The molecule has 18 heavy (non-hydrogen) atoms. The van der Waals surface area contributed by atoms with Crippen molar-refractivity contribution in [3.8, 4) is 0 Å². The molecule has 6 heteroatoms. The van der Waals surface area contributed by atoms with Gasteiger partial charge in [-0.05, 0) is 27.7 Å². The summed E-state index contributed by atoms with van der Waals surface area (Å²) < 4.78 is 5.30. The van der Waals surface area contributed by atoms with Gasteiger partial charge in [-0.2, -0.15) is 0 Å². The Balaban J connectivity index is 4.06. The van der Waals surface area contributed by atoms with Crippen LogP contribution in [0.25, 0.3) is 0 Å². The van der Waals surface area contributed by atoms with Crippen molar-refractivity contribution in [2.45, 2.75) is 46.3 Å². The van der Waals surface area contributed by atoms with Crippen molar-refractivity contribution in [3.63, 3.8) is 0 Å². The zero-order valence-electron chi connectivity index (χ0n) is 11.6. The van der Waals surface area contributed by atoms with Gasteiger partial charge in [-0.1, -0.05) is 0 Å². The maximum Gasteiger partial charge on any atom is 0.317 e. The minimum atomic E-state index is -0.906. The second-order valence-corrected chi connectivity index (χ2v) is 4.38. The standard InChI is InChI=1S/C12H24N2O4/c1-5-14(10(4)8-11(15)16)12(17)13-6-7-18-9(2)3/h9-10H,5-8H2,1-4H3,(H,13,17)(H,15,16). The molecule has 0 aromatic carbocycles. The highest BCUT2D eigenvalue weighted by atomic mass is 16.5. The number of nitrogens with one attached hydrogen (secondary N) is 1. The predicted octanol–water partition coefficient (Wildman–Crippen LogP) is 1.31. The quantitative estimate of drug-likeness (QED) is 0.645. The zero-order valence-corrected chi connectivity index (χ0v) is 11.6. The van der Waals surface area contributed by atoms with Crippen molar-refractivity contribution >= 4 is 12.0 Å². The second kappa shape index (κ2) is 8.74. The van der Waals surface area contributed by atoms with E-state index in [1.165, 1.54) is 4.90 Å². The predicted molar refractivity (Wildman–Crippen MR) is 68.6 cm³/mol. The Morgan fingerprint density at radius 2 is 1.94 bits per heavy atom. The van der Waals surface area contributed by atoms with Crippen molar-refractivity contribution in [2.75, 3.05) is 19.7 Å². The zero-order chi connectivity index (χ0) is 14.1. The molecule has 1 unspecified atom stereocenters. The third-order valence-corrected chi connectivity index (χ3v) is 2.43. The van der Waals surface area contributed by atoms with E-state index in [0.29, 0.717) is 19.7 Å². The van der Waals surface area contributed by atoms with Gasteiger partial charge in [-0.15, -0.1) is 0 Å². The molecule has 0 aromatic heterocycles. The first-order valence-electron chi connectivity index (χ1n) is 6.26. The highest BCUT2D eigenvalue weighted by Gasteiger charge is 2.20. The highest BCUT2D eigenvalue weighted by molar-refractivity contribution is 5.75. The maximum atomic E-state index is 11.8. The minimum absolute atomic E-state index is 0.0518. The van der Waals surface area contributed by atoms with E-state index in [1.54, 1.807) is 6.92 Å². The molecule has 0 heterocycles. The van der Waals surface area contributed by atoms with Crippen LogP contribution in [0.5, 0.6) is 0 Å². The van der Waals surface area contributed by atoms with E-state index in [4.69, 9.17) is 9.84 Å². The van der Waals surface area contributed by atoms with Crippen molar-refractivity contribution in [2.24, 2.45) is 0 Å². The molecule has 0 radical (unpaired) electrons. The summed E-state index contributed by atoms with van der Waals surface area (Å²) >= 11 is 0. The lowest BCUT2D eigenvalue weighted by Gasteiger charge is -2.27. The van der Waals surface area contributed by atoms with Gasteiger partial charge in [0.1, 0.15) is 0 Å². The molecule has 0 aliphatic rings. The fourth-order valence-electron chi connectivity index (χ4n) is 1.57. The van der Waals surface area contributed by atoms with E-state index < -0.39 is 5.97 Å². The van der Waals surface area contributed by atoms with E-state index in [0.717, 1.165) is 0 Å². The molecule has 0 spiro atoms. The number of carboxylic acid groups (broad SMARTS) is 1. The van der Waals surface area contributed by atoms with E-state index in [9.17, 15) is 9.59 Å². The highest BCUT2D eigenvalue weighted by Crippen LogP contribution is 2.04. The molecule has 0 saturated carbocycles. The molecule has 6 nitrogen and oxygen atoms in total. The number of nitrogens with zero attached hydrogens (tertiary/aromatic N) is 1. The Labute approximate surface area is 108 Å². The molecule has 0 aliphatic heterocycles. The normalized spacial score (nSPS) is 12.3. The minimum Gasteiger partial charge on any atom is -0.481 e. The second-order valence-electron chi connectivity index (χ2n) is 4.38. The first kappa shape index (κ1) is 16.7. The van der Waals surface area contributed by atoms with Gasteiger partial charge in [0.05, 0.1) is 19.1 Å². The van der Waals surface area contributed by atoms with E-state index >= 15 is 0 Å². The summed E-state index contributed by atoms with van der Waals surface area (Å²) in [5, 5.41) is 11.4. The van der Waals surface area contributed by atoms with Gasteiger partial charge in [-0.3, -0.25) is 4.79 Å². The van der Waals surface area contributed by atoms with E-state index in [1.807, 2.05) is 20.8 Å². The number of ether oxygens (including phenoxy) is 1. The van der Waals surface area contributed by atoms with E-state index in [2.05, 4.69) is 5.32 Å². The van der Waals surface area contributed by atoms with Gasteiger partial charge >= 0.3 is 12.0 Å². The summed E-state index contributed by atoms with van der Waals surface area (Å²) in [6.07, 6.45) is 0.0825. The van der Waals surface area contributed by atoms with Crippen LogP contribution >= 0.6 is 0 Å². The number of rotatable bonds is 8. The average molecular weight is 260 g/mol. The van der Waals surface area contributed by atoms with Crippen molar-refractivity contribution < 1.29 is 19.4 Å². The van der Waals surface area contributed by atoms with Crippen LogP contribution in [-0.4, -0.2) is 53.8 Å². The lowest BCUT2D eigenvalue weighted by Crippen LogP contribution is -2.46. The maximum absolute atomic E-state index is 11.8. The summed E-state index contributed by atoms with van der Waals surface area (Å²) in [6.45, 7) is 8.75. The molecule has 2 N–H and O–H groups in total. The number of carboxylic acids is 1. The Hall–Kier alpha value is -1.30. The number of hydrogen-bond acceptors (Lipinski definition) is 3. The summed E-state index contributed by atoms with van der Waals surface area (Å²) in [5.41, 5.74) is 0. The van der Waals surface area contributed by atoms with Gasteiger partial charge in [0.2, 0.25) is 0 Å². The van der Waals surface area contributed by atoms with Crippen LogP contribution in [0.4, 0.5) is 4.79 Å². The van der Waals surface area contributed by atoms with Crippen molar-refractivity contribution in [3.05, 3.63) is 0 Å². The van der Waals surface area contributed by atoms with Crippen LogP contribution in [0.3, 0.4) is 0 Å². The third-order valence-electron chi connectivity index (χ3n) is 2.43. The summed E-state index contributed by atoms with van der Waals surface area (Å²) in [5.74, 6) is -0.906. The van der Waals surface area contributed by atoms with Crippen LogP contribution < -0.4 is 5.32 Å². The Kier molecular flexibility index (Phi) is 8.11. The Bertz CT molecular complexity index is 269. The third kappa shape index (κ3) is 7.11. The lowest BCUT2D eigenvalue weighted by molar-refractivity contribution is -0.138. The summed E-state index contributed by atoms with van der Waals surface area (Å²) in [4.78, 5) is 23.9. The fourth-order valence-corrected chi connectivity index (χ4v) is 1.57. The van der Waals surface area contributed by atoms with Gasteiger partial charge < -0.3 is 20.1 Å². The van der Waals surface area contributed by atoms with Crippen LogP contribution in [0.1, 0.15) is 34.1 Å². The van der Waals surface area contributed by atoms with Gasteiger partial charge in [0.25, 0.3) is 0 Å². The molecule has 0 aliphatic carbocycles. The number of urea groups is 1. The van der Waals surface area contributed by atoms with Crippen molar-refractivity contribution in [1.29, 1.82) is 0 Å². The van der Waals surface area contributed by atoms with Crippen LogP contribution in [0.2, 0.25) is 0 Å². The van der Waals surface area contributed by atoms with Gasteiger partial charge in [0.15, 0.2) is 0 Å². The number of aliphatic carboxylic acids is 1. The topological polar surface area (TPSA) is 78.9 Å². The molecular formula is C12H24N2O4. The van der Waals surface area contributed by atoms with E-state index in [-0.39, 0.29) is 24.6 Å². The van der Waals surface area contributed by atoms with Crippen molar-refractivity contribution in [1.82, 2.24) is 10.2 Å². The molecule has 0 saturated heterocycles. The molecule has 0 fully saturated rings. The van der Waals surface area contributed by atoms with Crippen LogP contribution in [-0.2, 0) is 9.53 Å². The Morgan fingerprint density at radius 1 is 1.33 bits per heavy atom. The largest absolute Gasteiger partial charge is 0.481 e. The fraction of sp³-hybridized carbons (Fsp3) is 0.833. The smallest absolute Gasteiger partial charge is 0.317 e.